The van der Waals surface area contributed by atoms with E-state index in [4.69, 9.17) is 4.74 Å². The standard InChI is InChI=1S/C22H21N3OS/c1-4-26-19-8-6-5-7-18(19)25-21-20-17(12-27-22(20)24-13-23-21)16-10-9-14(2)11-15(16)3/h5-13H,4H2,1-3H3,(H,23,24,25). The molecule has 27 heavy (non-hydrogen) atoms. The number of anilines is 2. The van der Waals surface area contributed by atoms with Crippen LogP contribution >= 0.6 is 11.3 Å². The Bertz CT molecular complexity index is 1100. The predicted octanol–water partition coefficient (Wildman–Crippen LogP) is 6.12. The highest BCUT2D eigenvalue weighted by molar-refractivity contribution is 7.17. The minimum atomic E-state index is 0.615. The summed E-state index contributed by atoms with van der Waals surface area (Å²) in [7, 11) is 0. The van der Waals surface area contributed by atoms with E-state index in [2.05, 4.69) is 52.7 Å². The summed E-state index contributed by atoms with van der Waals surface area (Å²) in [5.41, 5.74) is 5.78. The maximum absolute atomic E-state index is 5.75. The summed E-state index contributed by atoms with van der Waals surface area (Å²) in [6.07, 6.45) is 1.61. The Morgan fingerprint density at radius 1 is 1.04 bits per heavy atom. The average molecular weight is 375 g/mol. The van der Waals surface area contributed by atoms with Crippen molar-refractivity contribution in [3.63, 3.8) is 0 Å². The van der Waals surface area contributed by atoms with E-state index < -0.39 is 0 Å². The van der Waals surface area contributed by atoms with Crippen LogP contribution in [0.5, 0.6) is 5.75 Å². The molecular formula is C22H21N3OS. The lowest BCUT2D eigenvalue weighted by atomic mass is 9.99. The number of nitrogens with one attached hydrogen (secondary N) is 1. The van der Waals surface area contributed by atoms with Crippen LogP contribution in [0.15, 0.2) is 54.2 Å². The van der Waals surface area contributed by atoms with Gasteiger partial charge in [-0.15, -0.1) is 11.3 Å². The van der Waals surface area contributed by atoms with E-state index in [1.54, 1.807) is 17.7 Å². The van der Waals surface area contributed by atoms with Gasteiger partial charge in [-0.2, -0.15) is 0 Å². The van der Waals surface area contributed by atoms with Crippen molar-refractivity contribution in [1.82, 2.24) is 9.97 Å². The van der Waals surface area contributed by atoms with Crippen LogP contribution in [0.1, 0.15) is 18.1 Å². The fourth-order valence-corrected chi connectivity index (χ4v) is 4.17. The molecule has 0 atom stereocenters. The van der Waals surface area contributed by atoms with Gasteiger partial charge in [0.25, 0.3) is 0 Å². The maximum atomic E-state index is 5.75. The second-order valence-electron chi connectivity index (χ2n) is 6.42. The highest BCUT2D eigenvalue weighted by Gasteiger charge is 2.15. The van der Waals surface area contributed by atoms with Crippen molar-refractivity contribution in [3.05, 3.63) is 65.3 Å². The zero-order valence-electron chi connectivity index (χ0n) is 15.6. The number of thiophene rings is 1. The van der Waals surface area contributed by atoms with Crippen molar-refractivity contribution in [2.75, 3.05) is 11.9 Å². The van der Waals surface area contributed by atoms with Crippen molar-refractivity contribution in [2.24, 2.45) is 0 Å². The molecular weight excluding hydrogens is 354 g/mol. The third-order valence-electron chi connectivity index (χ3n) is 4.48. The van der Waals surface area contributed by atoms with Crippen molar-refractivity contribution in [2.45, 2.75) is 20.8 Å². The Labute approximate surface area is 162 Å². The summed E-state index contributed by atoms with van der Waals surface area (Å²) in [5, 5.41) is 6.66. The molecule has 2 heterocycles. The first kappa shape index (κ1) is 17.5. The summed E-state index contributed by atoms with van der Waals surface area (Å²) in [4.78, 5) is 9.98. The number of fused-ring (bicyclic) bond motifs is 1. The lowest BCUT2D eigenvalue weighted by Crippen LogP contribution is -2.00. The second kappa shape index (κ2) is 7.37. The van der Waals surface area contributed by atoms with Crippen molar-refractivity contribution in [1.29, 1.82) is 0 Å². The van der Waals surface area contributed by atoms with E-state index in [1.165, 1.54) is 16.7 Å². The van der Waals surface area contributed by atoms with Gasteiger partial charge in [0.05, 0.1) is 17.7 Å². The van der Waals surface area contributed by atoms with Gasteiger partial charge in [-0.3, -0.25) is 0 Å². The molecule has 0 radical (unpaired) electrons. The number of para-hydroxylation sites is 2. The molecule has 0 amide bonds. The number of benzene rings is 2. The minimum absolute atomic E-state index is 0.615. The van der Waals surface area contributed by atoms with Crippen LogP contribution in [0.25, 0.3) is 21.3 Å². The number of hydrogen-bond acceptors (Lipinski definition) is 5. The molecule has 4 aromatic rings. The monoisotopic (exact) mass is 375 g/mol. The predicted molar refractivity (Wildman–Crippen MR) is 113 cm³/mol. The van der Waals surface area contributed by atoms with E-state index in [0.717, 1.165) is 33.0 Å². The van der Waals surface area contributed by atoms with Gasteiger partial charge in [-0.05, 0) is 44.0 Å². The van der Waals surface area contributed by atoms with Crippen molar-refractivity contribution in [3.8, 4) is 16.9 Å². The number of rotatable bonds is 5. The quantitative estimate of drug-likeness (QED) is 0.457. The van der Waals surface area contributed by atoms with Gasteiger partial charge in [-0.25, -0.2) is 9.97 Å². The van der Waals surface area contributed by atoms with Gasteiger partial charge in [0.1, 0.15) is 22.7 Å². The van der Waals surface area contributed by atoms with E-state index >= 15 is 0 Å². The number of ether oxygens (including phenoxy) is 1. The van der Waals surface area contributed by atoms with Gasteiger partial charge in [0.2, 0.25) is 0 Å². The molecule has 0 aliphatic carbocycles. The van der Waals surface area contributed by atoms with Gasteiger partial charge in [0.15, 0.2) is 0 Å². The molecule has 0 spiro atoms. The Kier molecular flexibility index (Phi) is 4.77. The van der Waals surface area contributed by atoms with E-state index in [9.17, 15) is 0 Å². The molecule has 0 saturated carbocycles. The zero-order valence-corrected chi connectivity index (χ0v) is 16.4. The molecule has 0 aliphatic heterocycles. The van der Waals surface area contributed by atoms with Crippen molar-refractivity contribution >= 4 is 33.1 Å². The molecule has 0 unspecified atom stereocenters. The SMILES string of the molecule is CCOc1ccccc1Nc1ncnc2scc(-c3ccc(C)cc3C)c12. The molecule has 0 aliphatic rings. The number of aryl methyl sites for hydroxylation is 2. The molecule has 0 fully saturated rings. The first-order valence-corrected chi connectivity index (χ1v) is 9.84. The van der Waals surface area contributed by atoms with Gasteiger partial charge >= 0.3 is 0 Å². The Morgan fingerprint density at radius 3 is 2.70 bits per heavy atom. The smallest absolute Gasteiger partial charge is 0.143 e. The van der Waals surface area contributed by atoms with E-state index in [-0.39, 0.29) is 0 Å². The second-order valence-corrected chi connectivity index (χ2v) is 7.28. The molecule has 1 N–H and O–H groups in total. The third-order valence-corrected chi connectivity index (χ3v) is 5.37. The van der Waals surface area contributed by atoms with Crippen LogP contribution in [-0.4, -0.2) is 16.6 Å². The average Bonchev–Trinajstić information content (AvgIpc) is 3.08. The molecule has 2 aromatic carbocycles. The fraction of sp³-hybridized carbons (Fsp3) is 0.182. The topological polar surface area (TPSA) is 47.0 Å². The first-order valence-electron chi connectivity index (χ1n) is 8.96. The Balaban J connectivity index is 1.84. The first-order chi connectivity index (χ1) is 13.2. The van der Waals surface area contributed by atoms with E-state index in [0.29, 0.717) is 6.61 Å². The summed E-state index contributed by atoms with van der Waals surface area (Å²) in [6, 6.07) is 14.5. The Hall–Kier alpha value is -2.92. The molecule has 0 bridgehead atoms. The summed E-state index contributed by atoms with van der Waals surface area (Å²) in [6.45, 7) is 6.86. The molecule has 5 heteroatoms. The minimum Gasteiger partial charge on any atom is -0.492 e. The maximum Gasteiger partial charge on any atom is 0.143 e. The highest BCUT2D eigenvalue weighted by Crippen LogP contribution is 2.39. The summed E-state index contributed by atoms with van der Waals surface area (Å²) < 4.78 is 5.75. The normalized spacial score (nSPS) is 10.9. The summed E-state index contributed by atoms with van der Waals surface area (Å²) in [5.74, 6) is 1.61. The van der Waals surface area contributed by atoms with Gasteiger partial charge in [-0.1, -0.05) is 35.9 Å². The molecule has 2 aromatic heterocycles. The van der Waals surface area contributed by atoms with Crippen LogP contribution < -0.4 is 10.1 Å². The summed E-state index contributed by atoms with van der Waals surface area (Å²) >= 11 is 1.64. The molecule has 0 saturated heterocycles. The molecule has 4 nitrogen and oxygen atoms in total. The molecule has 136 valence electrons. The molecule has 4 rings (SSSR count). The van der Waals surface area contributed by atoms with Crippen LogP contribution in [0.4, 0.5) is 11.5 Å². The number of aromatic nitrogens is 2. The third kappa shape index (κ3) is 3.38. The van der Waals surface area contributed by atoms with E-state index in [1.807, 2.05) is 31.2 Å². The van der Waals surface area contributed by atoms with Crippen molar-refractivity contribution < 1.29 is 4.74 Å². The van der Waals surface area contributed by atoms with Crippen LogP contribution in [-0.2, 0) is 0 Å². The fourth-order valence-electron chi connectivity index (χ4n) is 3.26. The lowest BCUT2D eigenvalue weighted by molar-refractivity contribution is 0.342. The van der Waals surface area contributed by atoms with Gasteiger partial charge in [0, 0.05) is 10.9 Å². The van der Waals surface area contributed by atoms with Crippen LogP contribution in [0, 0.1) is 13.8 Å². The number of nitrogens with zero attached hydrogens (tertiary/aromatic N) is 2. The Morgan fingerprint density at radius 2 is 1.89 bits per heavy atom. The van der Waals surface area contributed by atoms with Crippen LogP contribution in [0.2, 0.25) is 0 Å². The zero-order chi connectivity index (χ0) is 18.8. The van der Waals surface area contributed by atoms with Gasteiger partial charge < -0.3 is 10.1 Å². The highest BCUT2D eigenvalue weighted by atomic mass is 32.1. The largest absolute Gasteiger partial charge is 0.492 e. The lowest BCUT2D eigenvalue weighted by Gasteiger charge is -2.13. The van der Waals surface area contributed by atoms with Crippen LogP contribution in [0.3, 0.4) is 0 Å². The number of hydrogen-bond donors (Lipinski definition) is 1.